The molecule has 1 saturated carbocycles. The summed E-state index contributed by atoms with van der Waals surface area (Å²) < 4.78 is 11.5. The van der Waals surface area contributed by atoms with Gasteiger partial charge in [-0.05, 0) is 19.3 Å². The van der Waals surface area contributed by atoms with Gasteiger partial charge in [0.15, 0.2) is 0 Å². The van der Waals surface area contributed by atoms with E-state index in [9.17, 15) is 9.00 Å². The van der Waals surface area contributed by atoms with Crippen molar-refractivity contribution in [2.24, 2.45) is 0 Å². The average molecular weight is 188 g/mol. The highest BCUT2D eigenvalue weighted by Crippen LogP contribution is 2.20. The molecule has 2 unspecified atom stereocenters. The summed E-state index contributed by atoms with van der Waals surface area (Å²) in [5.41, 5.74) is 0. The number of unbranched alkanes of at least 4 members (excludes halogenated alkanes) is 1. The molecular formula is C9H16O2S. The number of carbonyl (C=O) groups excluding carboxylic acids is 1. The van der Waals surface area contributed by atoms with Crippen molar-refractivity contribution in [1.82, 2.24) is 0 Å². The molecule has 12 heavy (non-hydrogen) atoms. The summed E-state index contributed by atoms with van der Waals surface area (Å²) in [4.78, 5) is 11.2. The lowest BCUT2D eigenvalue weighted by molar-refractivity contribution is -0.117. The van der Waals surface area contributed by atoms with E-state index in [1.54, 1.807) is 0 Å². The molecular weight excluding hydrogens is 172 g/mol. The molecule has 1 fully saturated rings. The maximum atomic E-state index is 11.5. The maximum Gasteiger partial charge on any atom is 0.148 e. The monoisotopic (exact) mass is 188 g/mol. The van der Waals surface area contributed by atoms with E-state index in [1.807, 2.05) is 0 Å². The van der Waals surface area contributed by atoms with Gasteiger partial charge in [0.05, 0.1) is 5.25 Å². The van der Waals surface area contributed by atoms with E-state index < -0.39 is 10.8 Å². The fourth-order valence-corrected chi connectivity index (χ4v) is 3.19. The Balaban J connectivity index is 2.36. The van der Waals surface area contributed by atoms with Gasteiger partial charge in [0, 0.05) is 23.0 Å². The Bertz CT molecular complexity index is 189. The van der Waals surface area contributed by atoms with Gasteiger partial charge >= 0.3 is 0 Å². The molecule has 1 rings (SSSR count). The molecule has 0 aliphatic heterocycles. The number of hydrogen-bond acceptors (Lipinski definition) is 2. The second-order valence-electron chi connectivity index (χ2n) is 3.29. The molecule has 0 saturated heterocycles. The number of Topliss-reactive ketones (excluding diaryl/α,β-unsaturated/α-hetero) is 1. The molecule has 0 aromatic heterocycles. The van der Waals surface area contributed by atoms with Crippen molar-refractivity contribution < 1.29 is 9.00 Å². The molecule has 0 heterocycles. The molecule has 1 aliphatic carbocycles. The van der Waals surface area contributed by atoms with Crippen LogP contribution in [0.2, 0.25) is 0 Å². The highest BCUT2D eigenvalue weighted by molar-refractivity contribution is 7.86. The molecule has 2 atom stereocenters. The van der Waals surface area contributed by atoms with E-state index in [0.717, 1.165) is 25.7 Å². The highest BCUT2D eigenvalue weighted by Gasteiger charge is 2.28. The third kappa shape index (κ3) is 2.41. The Labute approximate surface area is 76.2 Å². The van der Waals surface area contributed by atoms with Crippen molar-refractivity contribution in [1.29, 1.82) is 0 Å². The summed E-state index contributed by atoms with van der Waals surface area (Å²) in [6, 6.07) is 0. The van der Waals surface area contributed by atoms with Crippen LogP contribution < -0.4 is 0 Å². The van der Waals surface area contributed by atoms with E-state index in [4.69, 9.17) is 0 Å². The quantitative estimate of drug-likeness (QED) is 0.672. The van der Waals surface area contributed by atoms with Crippen molar-refractivity contribution in [3.8, 4) is 0 Å². The third-order valence-corrected chi connectivity index (χ3v) is 4.09. The Morgan fingerprint density at radius 2 is 2.33 bits per heavy atom. The largest absolute Gasteiger partial charge is 0.298 e. The Hall–Kier alpha value is -0.180. The van der Waals surface area contributed by atoms with Gasteiger partial charge in [-0.1, -0.05) is 13.3 Å². The first-order valence-electron chi connectivity index (χ1n) is 4.65. The zero-order valence-electron chi connectivity index (χ0n) is 7.54. The van der Waals surface area contributed by atoms with Gasteiger partial charge in [-0.15, -0.1) is 0 Å². The predicted molar refractivity (Wildman–Crippen MR) is 50.6 cm³/mol. The summed E-state index contributed by atoms with van der Waals surface area (Å²) in [6.07, 6.45) is 4.50. The van der Waals surface area contributed by atoms with Crippen molar-refractivity contribution in [2.75, 3.05) is 5.75 Å². The second-order valence-corrected chi connectivity index (χ2v) is 5.02. The smallest absolute Gasteiger partial charge is 0.148 e. The summed E-state index contributed by atoms with van der Waals surface area (Å²) in [5.74, 6) is 0.942. The van der Waals surface area contributed by atoms with Crippen LogP contribution in [0.4, 0.5) is 0 Å². The van der Waals surface area contributed by atoms with Crippen LogP contribution in [-0.2, 0) is 15.6 Å². The van der Waals surface area contributed by atoms with Crippen molar-refractivity contribution in [3.05, 3.63) is 0 Å². The first kappa shape index (κ1) is 9.90. The standard InChI is InChI=1S/C9H16O2S/c1-2-3-7-12(11)9-6-4-5-8(9)10/h9H,2-7H2,1H3. The van der Waals surface area contributed by atoms with Crippen molar-refractivity contribution in [3.63, 3.8) is 0 Å². The normalized spacial score (nSPS) is 26.1. The summed E-state index contributed by atoms with van der Waals surface area (Å²) >= 11 is 0. The van der Waals surface area contributed by atoms with Crippen LogP contribution in [0.1, 0.15) is 39.0 Å². The number of ketones is 1. The number of hydrogen-bond donors (Lipinski definition) is 0. The van der Waals surface area contributed by atoms with E-state index in [1.165, 1.54) is 0 Å². The topological polar surface area (TPSA) is 34.1 Å². The lowest BCUT2D eigenvalue weighted by Crippen LogP contribution is -2.21. The molecule has 2 nitrogen and oxygen atoms in total. The van der Waals surface area contributed by atoms with Crippen LogP contribution in [0, 0.1) is 0 Å². The lowest BCUT2D eigenvalue weighted by atomic mass is 10.3. The van der Waals surface area contributed by atoms with Crippen LogP contribution in [0.15, 0.2) is 0 Å². The minimum atomic E-state index is -0.875. The van der Waals surface area contributed by atoms with Crippen LogP contribution in [0.5, 0.6) is 0 Å². The summed E-state index contributed by atoms with van der Waals surface area (Å²) in [5, 5.41) is -0.114. The SMILES string of the molecule is CCCCS(=O)C1CCCC1=O. The van der Waals surface area contributed by atoms with Crippen LogP contribution >= 0.6 is 0 Å². The molecule has 1 aliphatic rings. The molecule has 3 heteroatoms. The fraction of sp³-hybridized carbons (Fsp3) is 0.889. The third-order valence-electron chi connectivity index (χ3n) is 2.27. The van der Waals surface area contributed by atoms with Crippen LogP contribution in [0.3, 0.4) is 0 Å². The summed E-state index contributed by atoms with van der Waals surface area (Å²) in [6.45, 7) is 2.08. The lowest BCUT2D eigenvalue weighted by Gasteiger charge is -2.06. The molecule has 0 radical (unpaired) electrons. The first-order chi connectivity index (χ1) is 5.75. The van der Waals surface area contributed by atoms with Gasteiger partial charge in [-0.3, -0.25) is 9.00 Å². The van der Waals surface area contributed by atoms with Gasteiger partial charge in [-0.25, -0.2) is 0 Å². The molecule has 0 spiro atoms. The van der Waals surface area contributed by atoms with E-state index in [-0.39, 0.29) is 11.0 Å². The van der Waals surface area contributed by atoms with Gasteiger partial charge in [0.25, 0.3) is 0 Å². The molecule has 0 amide bonds. The van der Waals surface area contributed by atoms with Gasteiger partial charge in [-0.2, -0.15) is 0 Å². The van der Waals surface area contributed by atoms with Gasteiger partial charge in [0.2, 0.25) is 0 Å². The molecule has 0 aromatic carbocycles. The average Bonchev–Trinajstić information content (AvgIpc) is 2.47. The zero-order chi connectivity index (χ0) is 8.97. The zero-order valence-corrected chi connectivity index (χ0v) is 8.36. The Morgan fingerprint density at radius 3 is 2.83 bits per heavy atom. The molecule has 0 aromatic rings. The van der Waals surface area contributed by atoms with Crippen LogP contribution in [-0.4, -0.2) is 21.0 Å². The van der Waals surface area contributed by atoms with Gasteiger partial charge < -0.3 is 0 Å². The number of carbonyl (C=O) groups is 1. The van der Waals surface area contributed by atoms with Crippen molar-refractivity contribution in [2.45, 2.75) is 44.3 Å². The first-order valence-corrected chi connectivity index (χ1v) is 6.03. The van der Waals surface area contributed by atoms with E-state index in [0.29, 0.717) is 12.2 Å². The van der Waals surface area contributed by atoms with Crippen molar-refractivity contribution >= 4 is 16.6 Å². The maximum absolute atomic E-state index is 11.5. The minimum Gasteiger partial charge on any atom is -0.298 e. The Morgan fingerprint density at radius 1 is 1.58 bits per heavy atom. The highest BCUT2D eigenvalue weighted by atomic mass is 32.2. The van der Waals surface area contributed by atoms with E-state index >= 15 is 0 Å². The molecule has 70 valence electrons. The second kappa shape index (κ2) is 4.75. The van der Waals surface area contributed by atoms with E-state index in [2.05, 4.69) is 6.92 Å². The molecule has 0 N–H and O–H groups in total. The number of rotatable bonds is 4. The predicted octanol–water partition coefficient (Wildman–Crippen LogP) is 1.66. The minimum absolute atomic E-state index is 0.114. The van der Waals surface area contributed by atoms with Gasteiger partial charge in [0.1, 0.15) is 5.78 Å². The Kier molecular flexibility index (Phi) is 3.92. The molecule has 0 bridgehead atoms. The fourth-order valence-electron chi connectivity index (χ4n) is 1.49. The summed E-state index contributed by atoms with van der Waals surface area (Å²) in [7, 11) is -0.875. The van der Waals surface area contributed by atoms with Crippen LogP contribution in [0.25, 0.3) is 0 Å².